The van der Waals surface area contributed by atoms with Crippen LogP contribution < -0.4 is 9.47 Å². The van der Waals surface area contributed by atoms with Gasteiger partial charge >= 0.3 is 0 Å². The van der Waals surface area contributed by atoms with Crippen LogP contribution in [0, 0.1) is 0 Å². The number of amides is 1. The zero-order valence-corrected chi connectivity index (χ0v) is 19.1. The predicted molar refractivity (Wildman–Crippen MR) is 124 cm³/mol. The van der Waals surface area contributed by atoms with Crippen LogP contribution in [0.15, 0.2) is 47.2 Å². The van der Waals surface area contributed by atoms with E-state index >= 15 is 0 Å². The Morgan fingerprint density at radius 3 is 2.76 bits per heavy atom. The zero-order chi connectivity index (χ0) is 23.5. The van der Waals surface area contributed by atoms with Crippen LogP contribution in [0.2, 0.25) is 0 Å². The number of hydrogen-bond acceptors (Lipinski definition) is 8. The van der Waals surface area contributed by atoms with Crippen LogP contribution in [0.4, 0.5) is 0 Å². The highest BCUT2D eigenvalue weighted by atomic mass is 16.5. The molecule has 10 nitrogen and oxygen atoms in total. The van der Waals surface area contributed by atoms with Gasteiger partial charge in [0.05, 0.1) is 50.4 Å². The van der Waals surface area contributed by atoms with E-state index in [0.29, 0.717) is 68.0 Å². The molecule has 4 aromatic rings. The van der Waals surface area contributed by atoms with E-state index in [0.717, 1.165) is 16.6 Å². The molecule has 5 rings (SSSR count). The van der Waals surface area contributed by atoms with Gasteiger partial charge in [0.15, 0.2) is 11.5 Å². The molecule has 0 radical (unpaired) electrons. The molecule has 10 heteroatoms. The molecule has 2 aromatic heterocycles. The van der Waals surface area contributed by atoms with Crippen LogP contribution in [-0.2, 0) is 16.1 Å². The third-order valence-corrected chi connectivity index (χ3v) is 5.87. The fourth-order valence-electron chi connectivity index (χ4n) is 4.07. The smallest absolute Gasteiger partial charge is 0.262 e. The van der Waals surface area contributed by atoms with Crippen molar-refractivity contribution < 1.29 is 23.5 Å². The minimum atomic E-state index is 0.133. The number of imidazole rings is 1. The van der Waals surface area contributed by atoms with Gasteiger partial charge in [0.2, 0.25) is 11.7 Å². The number of methoxy groups -OCH3 is 2. The highest BCUT2D eigenvalue weighted by Crippen LogP contribution is 2.37. The molecule has 34 heavy (non-hydrogen) atoms. The second-order valence-electron chi connectivity index (χ2n) is 7.85. The Bertz CT molecular complexity index is 1310. The van der Waals surface area contributed by atoms with Crippen LogP contribution in [-0.4, -0.2) is 71.0 Å². The molecule has 2 aromatic carbocycles. The summed E-state index contributed by atoms with van der Waals surface area (Å²) in [5.41, 5.74) is 3.16. The van der Waals surface area contributed by atoms with Crippen molar-refractivity contribution in [3.8, 4) is 34.3 Å². The Morgan fingerprint density at radius 1 is 1.12 bits per heavy atom. The minimum absolute atomic E-state index is 0.133. The lowest BCUT2D eigenvalue weighted by atomic mass is 10.1. The fourth-order valence-corrected chi connectivity index (χ4v) is 4.07. The molecular weight excluding hydrogens is 438 g/mol. The van der Waals surface area contributed by atoms with Gasteiger partial charge in [-0.25, -0.2) is 4.98 Å². The Balaban J connectivity index is 1.34. The third kappa shape index (κ3) is 4.19. The summed E-state index contributed by atoms with van der Waals surface area (Å²) in [7, 11) is 3.14. The number of benzene rings is 2. The van der Waals surface area contributed by atoms with Gasteiger partial charge in [-0.05, 0) is 30.3 Å². The normalized spacial score (nSPS) is 13.9. The lowest BCUT2D eigenvalue weighted by Crippen LogP contribution is -2.40. The molecule has 0 N–H and O–H groups in total. The van der Waals surface area contributed by atoms with E-state index in [-0.39, 0.29) is 5.91 Å². The molecule has 0 spiro atoms. The number of aryl methyl sites for hydroxylation is 1. The Kier molecular flexibility index (Phi) is 6.13. The highest BCUT2D eigenvalue weighted by Gasteiger charge is 2.19. The molecule has 1 amide bonds. The zero-order valence-electron chi connectivity index (χ0n) is 19.1. The van der Waals surface area contributed by atoms with E-state index in [1.54, 1.807) is 26.6 Å². The summed E-state index contributed by atoms with van der Waals surface area (Å²) in [6.07, 6.45) is 2.17. The number of rotatable bonds is 7. The number of carbonyl (C=O) groups excluding carboxylic acids is 1. The maximum absolute atomic E-state index is 12.5. The van der Waals surface area contributed by atoms with Crippen molar-refractivity contribution >= 4 is 16.9 Å². The number of ether oxygens (including phenoxy) is 3. The maximum atomic E-state index is 12.5. The average molecular weight is 463 g/mol. The molecule has 0 bridgehead atoms. The summed E-state index contributed by atoms with van der Waals surface area (Å²) in [5.74, 6) is 2.02. The molecule has 3 heterocycles. The van der Waals surface area contributed by atoms with Crippen molar-refractivity contribution in [3.63, 3.8) is 0 Å². The van der Waals surface area contributed by atoms with Crippen molar-refractivity contribution in [3.05, 3.63) is 42.7 Å². The first kappa shape index (κ1) is 21.9. The van der Waals surface area contributed by atoms with Gasteiger partial charge in [-0.2, -0.15) is 4.98 Å². The molecule has 0 unspecified atom stereocenters. The largest absolute Gasteiger partial charge is 0.493 e. The number of para-hydroxylation sites is 1. The van der Waals surface area contributed by atoms with Crippen molar-refractivity contribution in [1.29, 1.82) is 0 Å². The van der Waals surface area contributed by atoms with E-state index < -0.39 is 0 Å². The molecule has 0 aliphatic carbocycles. The molecule has 0 atom stereocenters. The Morgan fingerprint density at radius 2 is 1.97 bits per heavy atom. The van der Waals surface area contributed by atoms with E-state index in [9.17, 15) is 4.79 Å². The number of aromatic nitrogens is 4. The second-order valence-corrected chi connectivity index (χ2v) is 7.85. The van der Waals surface area contributed by atoms with Gasteiger partial charge in [0.25, 0.3) is 5.89 Å². The van der Waals surface area contributed by atoms with E-state index in [2.05, 4.69) is 15.1 Å². The summed E-state index contributed by atoms with van der Waals surface area (Å²) in [6.45, 7) is 3.08. The third-order valence-electron chi connectivity index (χ3n) is 5.87. The van der Waals surface area contributed by atoms with Crippen molar-refractivity contribution in [2.45, 2.75) is 13.0 Å². The molecule has 1 fully saturated rings. The van der Waals surface area contributed by atoms with Crippen LogP contribution in [0.5, 0.6) is 11.5 Å². The van der Waals surface area contributed by atoms with Crippen molar-refractivity contribution in [2.75, 3.05) is 40.5 Å². The van der Waals surface area contributed by atoms with Gasteiger partial charge in [0, 0.05) is 31.6 Å². The molecule has 1 saturated heterocycles. The topological polar surface area (TPSA) is 105 Å². The number of carbonyl (C=O) groups is 1. The maximum Gasteiger partial charge on any atom is 0.262 e. The first-order valence-electron chi connectivity index (χ1n) is 11.0. The van der Waals surface area contributed by atoms with E-state index in [1.807, 2.05) is 39.8 Å². The van der Waals surface area contributed by atoms with Crippen LogP contribution in [0.3, 0.4) is 0 Å². The standard InChI is InChI=1S/C24H25N5O5/c1-31-20-5-3-4-17(22(20)32-2)24-26-23(27-34-24)16-6-7-19-18(14-16)25-15-29(19)9-8-21(30)28-10-12-33-13-11-28/h3-7,14-15H,8-13H2,1-2H3. The SMILES string of the molecule is COc1cccc(-c2nc(-c3ccc4c(c3)ncn4CCC(=O)N3CCOCC3)no2)c1OC. The first-order valence-corrected chi connectivity index (χ1v) is 11.0. The summed E-state index contributed by atoms with van der Waals surface area (Å²) in [5, 5.41) is 4.14. The van der Waals surface area contributed by atoms with Gasteiger partial charge in [-0.15, -0.1) is 0 Å². The van der Waals surface area contributed by atoms with Crippen LogP contribution >= 0.6 is 0 Å². The molecular formula is C24H25N5O5. The van der Waals surface area contributed by atoms with Crippen molar-refractivity contribution in [1.82, 2.24) is 24.6 Å². The summed E-state index contributed by atoms with van der Waals surface area (Å²) in [4.78, 5) is 23.4. The van der Waals surface area contributed by atoms with Gasteiger partial charge in [-0.3, -0.25) is 4.79 Å². The number of nitrogens with zero attached hydrogens (tertiary/aromatic N) is 5. The Hall–Kier alpha value is -3.92. The first-order chi connectivity index (χ1) is 16.7. The van der Waals surface area contributed by atoms with Gasteiger partial charge in [-0.1, -0.05) is 11.2 Å². The highest BCUT2D eigenvalue weighted by molar-refractivity contribution is 5.81. The molecule has 176 valence electrons. The lowest BCUT2D eigenvalue weighted by molar-refractivity contribution is -0.135. The van der Waals surface area contributed by atoms with Crippen LogP contribution in [0.25, 0.3) is 33.9 Å². The Labute approximate surface area is 196 Å². The number of morpholine rings is 1. The van der Waals surface area contributed by atoms with Crippen LogP contribution in [0.1, 0.15) is 6.42 Å². The number of hydrogen-bond donors (Lipinski definition) is 0. The predicted octanol–water partition coefficient (Wildman–Crippen LogP) is 3.02. The van der Waals surface area contributed by atoms with E-state index in [1.165, 1.54) is 0 Å². The summed E-state index contributed by atoms with van der Waals surface area (Å²) >= 11 is 0. The molecule has 1 aliphatic rings. The molecule has 1 aliphatic heterocycles. The lowest BCUT2D eigenvalue weighted by Gasteiger charge is -2.26. The van der Waals surface area contributed by atoms with Gasteiger partial charge in [0.1, 0.15) is 0 Å². The fraction of sp³-hybridized carbons (Fsp3) is 0.333. The average Bonchev–Trinajstić information content (AvgIpc) is 3.54. The number of fused-ring (bicyclic) bond motifs is 1. The quantitative estimate of drug-likeness (QED) is 0.412. The summed E-state index contributed by atoms with van der Waals surface area (Å²) in [6, 6.07) is 11.3. The van der Waals surface area contributed by atoms with Gasteiger partial charge < -0.3 is 28.2 Å². The summed E-state index contributed by atoms with van der Waals surface area (Å²) < 4.78 is 23.6. The minimum Gasteiger partial charge on any atom is -0.493 e. The second kappa shape index (κ2) is 9.52. The molecule has 0 saturated carbocycles. The monoisotopic (exact) mass is 463 g/mol. The van der Waals surface area contributed by atoms with E-state index in [4.69, 9.17) is 18.7 Å². The van der Waals surface area contributed by atoms with Crippen molar-refractivity contribution in [2.24, 2.45) is 0 Å².